The van der Waals surface area contributed by atoms with Gasteiger partial charge in [-0.15, -0.1) is 0 Å². The number of benzene rings is 3. The van der Waals surface area contributed by atoms with Gasteiger partial charge in [0.05, 0.1) is 19.8 Å². The van der Waals surface area contributed by atoms with Crippen LogP contribution in [0.2, 0.25) is 0 Å². The second kappa shape index (κ2) is 10.7. The zero-order valence-electron chi connectivity index (χ0n) is 21.6. The highest BCUT2D eigenvalue weighted by Crippen LogP contribution is 2.45. The van der Waals surface area contributed by atoms with E-state index in [4.69, 9.17) is 18.9 Å². The lowest BCUT2D eigenvalue weighted by molar-refractivity contribution is -0.177. The molecule has 3 aromatic carbocycles. The highest BCUT2D eigenvalue weighted by Gasteiger charge is 2.46. The first kappa shape index (κ1) is 25.1. The molecule has 1 aliphatic heterocycles. The van der Waals surface area contributed by atoms with Gasteiger partial charge in [-0.25, -0.2) is 0 Å². The van der Waals surface area contributed by atoms with Gasteiger partial charge in [0, 0.05) is 17.8 Å². The van der Waals surface area contributed by atoms with Crippen molar-refractivity contribution in [3.8, 4) is 11.5 Å². The summed E-state index contributed by atoms with van der Waals surface area (Å²) in [6.45, 7) is 11.6. The number of nitrogens with one attached hydrogen (secondary N) is 1. The first-order chi connectivity index (χ1) is 16.8. The molecule has 0 bridgehead atoms. The maximum atomic E-state index is 6.54. The molecular weight excluding hydrogens is 438 g/mol. The number of methoxy groups -OCH3 is 1. The Morgan fingerprint density at radius 3 is 2.43 bits per heavy atom. The fourth-order valence-corrected chi connectivity index (χ4v) is 4.47. The summed E-state index contributed by atoms with van der Waals surface area (Å²) in [6, 6.07) is 22.6. The Morgan fingerprint density at radius 1 is 1.00 bits per heavy atom. The van der Waals surface area contributed by atoms with Gasteiger partial charge in [0.15, 0.2) is 0 Å². The molecule has 0 aliphatic carbocycles. The van der Waals surface area contributed by atoms with Crippen molar-refractivity contribution in [1.82, 2.24) is 0 Å². The Hall–Kier alpha value is -3.02. The van der Waals surface area contributed by atoms with Gasteiger partial charge in [0.1, 0.15) is 29.3 Å². The molecule has 0 amide bonds. The van der Waals surface area contributed by atoms with Crippen molar-refractivity contribution < 1.29 is 18.9 Å². The summed E-state index contributed by atoms with van der Waals surface area (Å²) in [5, 5.41) is 3.53. The molecule has 2 unspecified atom stereocenters. The summed E-state index contributed by atoms with van der Waals surface area (Å²) in [6.07, 6.45) is -0.475. The highest BCUT2D eigenvalue weighted by atomic mass is 16.6. The summed E-state index contributed by atoms with van der Waals surface area (Å²) >= 11 is 0. The Bertz CT molecular complexity index is 1120. The SMILES string of the molecule is COc1ccc(CNc2ccc3c(c2)C(OC(C)C)C(OCc2ccccc2C)C(C)(C)O3)cc1. The molecule has 186 valence electrons. The zero-order valence-corrected chi connectivity index (χ0v) is 21.6. The van der Waals surface area contributed by atoms with E-state index >= 15 is 0 Å². The van der Waals surface area contributed by atoms with Gasteiger partial charge in [0.2, 0.25) is 0 Å². The van der Waals surface area contributed by atoms with E-state index in [2.05, 4.69) is 76.3 Å². The first-order valence-electron chi connectivity index (χ1n) is 12.3. The number of rotatable bonds is 9. The number of ether oxygens (including phenoxy) is 4. The third kappa shape index (κ3) is 5.98. The lowest BCUT2D eigenvalue weighted by Crippen LogP contribution is -2.51. The molecule has 0 aromatic heterocycles. The molecule has 1 aliphatic rings. The topological polar surface area (TPSA) is 49.0 Å². The molecular formula is C30H37NO4. The minimum Gasteiger partial charge on any atom is -0.497 e. The van der Waals surface area contributed by atoms with Crippen molar-refractivity contribution in [3.05, 3.63) is 89.0 Å². The van der Waals surface area contributed by atoms with Gasteiger partial charge in [-0.05, 0) is 81.6 Å². The van der Waals surface area contributed by atoms with Gasteiger partial charge in [0.25, 0.3) is 0 Å². The van der Waals surface area contributed by atoms with Gasteiger partial charge < -0.3 is 24.3 Å². The van der Waals surface area contributed by atoms with E-state index in [1.807, 2.05) is 30.3 Å². The van der Waals surface area contributed by atoms with Crippen LogP contribution < -0.4 is 14.8 Å². The Labute approximate surface area is 209 Å². The van der Waals surface area contributed by atoms with E-state index in [9.17, 15) is 0 Å². The molecule has 3 aromatic rings. The molecule has 0 radical (unpaired) electrons. The molecule has 1 N–H and O–H groups in total. The van der Waals surface area contributed by atoms with Crippen molar-refractivity contribution in [2.75, 3.05) is 12.4 Å². The van der Waals surface area contributed by atoms with Crippen molar-refractivity contribution >= 4 is 5.69 Å². The van der Waals surface area contributed by atoms with Gasteiger partial charge in [-0.3, -0.25) is 0 Å². The van der Waals surface area contributed by atoms with Crippen LogP contribution in [0.1, 0.15) is 56.1 Å². The molecule has 2 atom stereocenters. The Balaban J connectivity index is 1.57. The van der Waals surface area contributed by atoms with Crippen LogP contribution in [-0.2, 0) is 22.6 Å². The maximum Gasteiger partial charge on any atom is 0.132 e. The van der Waals surface area contributed by atoms with Crippen LogP contribution >= 0.6 is 0 Å². The third-order valence-corrected chi connectivity index (χ3v) is 6.40. The van der Waals surface area contributed by atoms with Crippen LogP contribution in [0.15, 0.2) is 66.7 Å². The number of hydrogen-bond acceptors (Lipinski definition) is 5. The van der Waals surface area contributed by atoms with Crippen molar-refractivity contribution in [2.45, 2.75) is 71.7 Å². The number of hydrogen-bond donors (Lipinski definition) is 1. The zero-order chi connectivity index (χ0) is 25.0. The largest absolute Gasteiger partial charge is 0.497 e. The van der Waals surface area contributed by atoms with E-state index in [1.54, 1.807) is 7.11 Å². The average molecular weight is 476 g/mol. The minimum atomic E-state index is -0.548. The normalized spacial score (nSPS) is 18.6. The number of fused-ring (bicyclic) bond motifs is 1. The maximum absolute atomic E-state index is 6.54. The Kier molecular flexibility index (Phi) is 7.68. The summed E-state index contributed by atoms with van der Waals surface area (Å²) < 4.78 is 24.7. The third-order valence-electron chi connectivity index (χ3n) is 6.40. The summed E-state index contributed by atoms with van der Waals surface area (Å²) in [5.41, 5.74) is 5.04. The molecule has 5 heteroatoms. The van der Waals surface area contributed by atoms with Crippen LogP contribution in [0.5, 0.6) is 11.5 Å². The molecule has 1 heterocycles. The molecule has 0 saturated heterocycles. The van der Waals surface area contributed by atoms with Crippen LogP contribution in [0.25, 0.3) is 0 Å². The molecule has 0 saturated carbocycles. The molecule has 0 fully saturated rings. The van der Waals surface area contributed by atoms with Crippen molar-refractivity contribution in [3.63, 3.8) is 0 Å². The van der Waals surface area contributed by atoms with E-state index in [0.717, 1.165) is 22.7 Å². The molecule has 35 heavy (non-hydrogen) atoms. The fourth-order valence-electron chi connectivity index (χ4n) is 4.47. The van der Waals surface area contributed by atoms with Crippen LogP contribution in [0.3, 0.4) is 0 Å². The van der Waals surface area contributed by atoms with E-state index in [1.165, 1.54) is 16.7 Å². The number of aryl methyl sites for hydroxylation is 1. The average Bonchev–Trinajstić information content (AvgIpc) is 2.83. The summed E-state index contributed by atoms with van der Waals surface area (Å²) in [5.74, 6) is 1.69. The molecule has 5 nitrogen and oxygen atoms in total. The second-order valence-electron chi connectivity index (χ2n) is 9.92. The van der Waals surface area contributed by atoms with Crippen LogP contribution in [0.4, 0.5) is 5.69 Å². The first-order valence-corrected chi connectivity index (χ1v) is 12.3. The lowest BCUT2D eigenvalue weighted by Gasteiger charge is -2.45. The minimum absolute atomic E-state index is 0.0437. The lowest BCUT2D eigenvalue weighted by atomic mass is 9.87. The van der Waals surface area contributed by atoms with Gasteiger partial charge in [-0.1, -0.05) is 36.4 Å². The summed E-state index contributed by atoms with van der Waals surface area (Å²) in [4.78, 5) is 0. The molecule has 0 spiro atoms. The highest BCUT2D eigenvalue weighted by molar-refractivity contribution is 5.54. The van der Waals surface area contributed by atoms with E-state index in [0.29, 0.717) is 13.2 Å². The predicted molar refractivity (Wildman–Crippen MR) is 140 cm³/mol. The van der Waals surface area contributed by atoms with Crippen molar-refractivity contribution in [2.24, 2.45) is 0 Å². The molecule has 4 rings (SSSR count). The standard InChI is InChI=1S/C30H37NO4/c1-20(2)34-28-26-17-24(31-18-22-11-14-25(32-6)15-12-22)13-16-27(26)35-30(4,5)29(28)33-19-23-10-8-7-9-21(23)3/h7-17,20,28-29,31H,18-19H2,1-6H3. The van der Waals surface area contributed by atoms with Crippen LogP contribution in [0, 0.1) is 6.92 Å². The van der Waals surface area contributed by atoms with Gasteiger partial charge in [-0.2, -0.15) is 0 Å². The van der Waals surface area contributed by atoms with Gasteiger partial charge >= 0.3 is 0 Å². The quantitative estimate of drug-likeness (QED) is 0.367. The summed E-state index contributed by atoms with van der Waals surface area (Å²) in [7, 11) is 1.68. The monoisotopic (exact) mass is 475 g/mol. The van der Waals surface area contributed by atoms with Crippen molar-refractivity contribution in [1.29, 1.82) is 0 Å². The second-order valence-corrected chi connectivity index (χ2v) is 9.92. The fraction of sp³-hybridized carbons (Fsp3) is 0.400. The number of anilines is 1. The van der Waals surface area contributed by atoms with E-state index in [-0.39, 0.29) is 18.3 Å². The smallest absolute Gasteiger partial charge is 0.132 e. The van der Waals surface area contributed by atoms with Crippen LogP contribution in [-0.4, -0.2) is 24.9 Å². The van der Waals surface area contributed by atoms with E-state index < -0.39 is 5.60 Å². The Morgan fingerprint density at radius 2 is 1.74 bits per heavy atom. The predicted octanol–water partition coefficient (Wildman–Crippen LogP) is 6.84.